The van der Waals surface area contributed by atoms with E-state index in [1.54, 1.807) is 0 Å². The zero-order valence-electron chi connectivity index (χ0n) is 11.4. The fourth-order valence-electron chi connectivity index (χ4n) is 2.36. The summed E-state index contributed by atoms with van der Waals surface area (Å²) in [4.78, 5) is 0. The normalized spacial score (nSPS) is 32.4. The van der Waals surface area contributed by atoms with Crippen LogP contribution >= 0.6 is 0 Å². The first kappa shape index (κ1) is 13.1. The van der Waals surface area contributed by atoms with Gasteiger partial charge in [0, 0.05) is 0 Å². The molecule has 2 heterocycles. The highest BCUT2D eigenvalue weighted by molar-refractivity contribution is 5.13. The highest BCUT2D eigenvalue weighted by Gasteiger charge is 2.50. The van der Waals surface area contributed by atoms with Gasteiger partial charge in [-0.1, -0.05) is 30.3 Å². The lowest BCUT2D eigenvalue weighted by atomic mass is 10.2. The lowest BCUT2D eigenvalue weighted by Gasteiger charge is -2.16. The Labute approximate surface area is 113 Å². The molecule has 4 nitrogen and oxygen atoms in total. The molecule has 4 heteroatoms. The van der Waals surface area contributed by atoms with Crippen LogP contribution in [-0.2, 0) is 25.6 Å². The number of ether oxygens (including phenoxy) is 4. The molecule has 1 aromatic rings. The van der Waals surface area contributed by atoms with E-state index in [1.165, 1.54) is 5.56 Å². The molecular weight excluding hydrogens is 244 g/mol. The van der Waals surface area contributed by atoms with Crippen molar-refractivity contribution < 1.29 is 18.9 Å². The van der Waals surface area contributed by atoms with Gasteiger partial charge in [0.25, 0.3) is 0 Å². The molecule has 3 atom stereocenters. The van der Waals surface area contributed by atoms with Crippen molar-refractivity contribution in [2.24, 2.45) is 0 Å². The zero-order valence-corrected chi connectivity index (χ0v) is 11.4. The molecule has 0 N–H and O–H groups in total. The van der Waals surface area contributed by atoms with E-state index >= 15 is 0 Å². The lowest BCUT2D eigenvalue weighted by molar-refractivity contribution is -0.140. The molecule has 0 amide bonds. The van der Waals surface area contributed by atoms with E-state index in [4.69, 9.17) is 18.9 Å². The molecule has 0 unspecified atom stereocenters. The predicted octanol–water partition coefficient (Wildman–Crippen LogP) is 2.12. The molecule has 2 aliphatic rings. The van der Waals surface area contributed by atoms with Gasteiger partial charge in [0.2, 0.25) is 0 Å². The molecule has 2 aliphatic heterocycles. The second-order valence-corrected chi connectivity index (χ2v) is 5.51. The quantitative estimate of drug-likeness (QED) is 0.764. The molecule has 2 saturated heterocycles. The van der Waals surface area contributed by atoms with Gasteiger partial charge in [-0.15, -0.1) is 0 Å². The Morgan fingerprint density at radius 2 is 2.05 bits per heavy atom. The Balaban J connectivity index is 1.38. The first-order valence-electron chi connectivity index (χ1n) is 6.73. The van der Waals surface area contributed by atoms with Crippen molar-refractivity contribution >= 4 is 0 Å². The summed E-state index contributed by atoms with van der Waals surface area (Å²) in [6.45, 7) is 5.69. The second kappa shape index (κ2) is 5.21. The zero-order chi connectivity index (χ0) is 13.3. The van der Waals surface area contributed by atoms with Crippen molar-refractivity contribution in [1.29, 1.82) is 0 Å². The van der Waals surface area contributed by atoms with E-state index in [0.29, 0.717) is 19.8 Å². The minimum Gasteiger partial charge on any atom is -0.374 e. The topological polar surface area (TPSA) is 40.2 Å². The summed E-state index contributed by atoms with van der Waals surface area (Å²) in [6.07, 6.45) is 0.309. The van der Waals surface area contributed by atoms with E-state index in [-0.39, 0.29) is 18.3 Å². The predicted molar refractivity (Wildman–Crippen MR) is 69.7 cm³/mol. The Bertz CT molecular complexity index is 417. The Morgan fingerprint density at radius 3 is 2.74 bits per heavy atom. The summed E-state index contributed by atoms with van der Waals surface area (Å²) in [6, 6.07) is 10.1. The van der Waals surface area contributed by atoms with Crippen LogP contribution in [0.25, 0.3) is 0 Å². The molecule has 2 fully saturated rings. The van der Waals surface area contributed by atoms with E-state index < -0.39 is 5.79 Å². The first-order chi connectivity index (χ1) is 9.14. The maximum absolute atomic E-state index is 5.76. The van der Waals surface area contributed by atoms with Crippen molar-refractivity contribution in [3.63, 3.8) is 0 Å². The maximum atomic E-state index is 5.76. The number of hydrogen-bond acceptors (Lipinski definition) is 4. The van der Waals surface area contributed by atoms with Crippen molar-refractivity contribution in [2.75, 3.05) is 13.2 Å². The van der Waals surface area contributed by atoms with Gasteiger partial charge < -0.3 is 18.9 Å². The van der Waals surface area contributed by atoms with Gasteiger partial charge in [-0.2, -0.15) is 0 Å². The molecule has 19 heavy (non-hydrogen) atoms. The van der Waals surface area contributed by atoms with Gasteiger partial charge in [-0.25, -0.2) is 0 Å². The first-order valence-corrected chi connectivity index (χ1v) is 6.73. The van der Waals surface area contributed by atoms with Crippen molar-refractivity contribution in [1.82, 2.24) is 0 Å². The highest BCUT2D eigenvalue weighted by Crippen LogP contribution is 2.34. The van der Waals surface area contributed by atoms with Gasteiger partial charge in [-0.3, -0.25) is 0 Å². The maximum Gasteiger partial charge on any atom is 0.163 e. The van der Waals surface area contributed by atoms with Gasteiger partial charge in [0.1, 0.15) is 18.3 Å². The summed E-state index contributed by atoms with van der Waals surface area (Å²) in [7, 11) is 0. The van der Waals surface area contributed by atoms with Crippen LogP contribution in [0.5, 0.6) is 0 Å². The molecule has 0 saturated carbocycles. The molecule has 104 valence electrons. The molecule has 0 radical (unpaired) electrons. The van der Waals surface area contributed by atoms with Crippen LogP contribution in [0.15, 0.2) is 30.3 Å². The van der Waals surface area contributed by atoms with Crippen molar-refractivity contribution in [3.05, 3.63) is 35.9 Å². The summed E-state index contributed by atoms with van der Waals surface area (Å²) < 4.78 is 22.6. The lowest BCUT2D eigenvalue weighted by Crippen LogP contribution is -2.25. The van der Waals surface area contributed by atoms with Crippen LogP contribution < -0.4 is 0 Å². The summed E-state index contributed by atoms with van der Waals surface area (Å²) >= 11 is 0. The summed E-state index contributed by atoms with van der Waals surface area (Å²) in [5.41, 5.74) is 1.18. The van der Waals surface area contributed by atoms with Crippen LogP contribution in [0.2, 0.25) is 0 Å². The van der Waals surface area contributed by atoms with Crippen LogP contribution in [0.4, 0.5) is 0 Å². The molecule has 0 bridgehead atoms. The van der Waals surface area contributed by atoms with Crippen LogP contribution in [-0.4, -0.2) is 37.3 Å². The number of rotatable bonds is 5. The van der Waals surface area contributed by atoms with E-state index in [9.17, 15) is 0 Å². The smallest absolute Gasteiger partial charge is 0.163 e. The van der Waals surface area contributed by atoms with Gasteiger partial charge in [-0.05, 0) is 19.4 Å². The van der Waals surface area contributed by atoms with Gasteiger partial charge >= 0.3 is 0 Å². The minimum absolute atomic E-state index is 0.0420. The monoisotopic (exact) mass is 264 g/mol. The van der Waals surface area contributed by atoms with E-state index in [2.05, 4.69) is 12.1 Å². The third kappa shape index (κ3) is 3.34. The molecule has 1 aromatic carbocycles. The molecule has 0 aliphatic carbocycles. The second-order valence-electron chi connectivity index (χ2n) is 5.51. The number of benzene rings is 1. The number of epoxide rings is 1. The fourth-order valence-corrected chi connectivity index (χ4v) is 2.36. The van der Waals surface area contributed by atoms with Gasteiger partial charge in [0.05, 0.1) is 19.8 Å². The Morgan fingerprint density at radius 1 is 1.26 bits per heavy atom. The van der Waals surface area contributed by atoms with E-state index in [0.717, 1.165) is 0 Å². The van der Waals surface area contributed by atoms with Crippen LogP contribution in [0, 0.1) is 0 Å². The molecular formula is C15H20O4. The van der Waals surface area contributed by atoms with E-state index in [1.807, 2.05) is 32.0 Å². The average Bonchev–Trinajstić information content (AvgIpc) is 3.07. The highest BCUT2D eigenvalue weighted by atomic mass is 16.8. The van der Waals surface area contributed by atoms with Crippen molar-refractivity contribution in [3.8, 4) is 0 Å². The number of hydrogen-bond donors (Lipinski definition) is 0. The Hall–Kier alpha value is -0.940. The fraction of sp³-hybridized carbons (Fsp3) is 0.600. The largest absolute Gasteiger partial charge is 0.374 e. The summed E-state index contributed by atoms with van der Waals surface area (Å²) in [5.74, 6) is -0.480. The standard InChI is InChI=1S/C15H20O4/c1-15(2)17-10-13(19-15)14-12(18-14)9-16-8-11-6-4-3-5-7-11/h3-7,12-14H,8-10H2,1-2H3/t12-,13-,14+/m0/s1. The third-order valence-electron chi connectivity index (χ3n) is 3.41. The van der Waals surface area contributed by atoms with Gasteiger partial charge in [0.15, 0.2) is 5.79 Å². The molecule has 0 aromatic heterocycles. The molecule has 3 rings (SSSR count). The Kier molecular flexibility index (Phi) is 3.58. The van der Waals surface area contributed by atoms with Crippen LogP contribution in [0.3, 0.4) is 0 Å². The SMILES string of the molecule is CC1(C)OC[C@@H]([C@@H]2O[C@H]2COCc2ccccc2)O1. The van der Waals surface area contributed by atoms with Crippen LogP contribution in [0.1, 0.15) is 19.4 Å². The van der Waals surface area contributed by atoms with Crippen molar-refractivity contribution in [2.45, 2.75) is 44.6 Å². The third-order valence-corrected chi connectivity index (χ3v) is 3.41. The minimum atomic E-state index is -0.480. The average molecular weight is 264 g/mol. The molecule has 0 spiro atoms. The summed E-state index contributed by atoms with van der Waals surface area (Å²) in [5, 5.41) is 0.